The molecular weight excluding hydrogens is 148 g/mol. The number of rotatable bonds is 4. The fourth-order valence-corrected chi connectivity index (χ4v) is 0.860. The van der Waals surface area contributed by atoms with Gasteiger partial charge in [0.1, 0.15) is 0 Å². The zero-order valence-corrected chi connectivity index (χ0v) is 8.90. The Kier molecular flexibility index (Phi) is 4.22. The molecule has 0 aliphatic heterocycles. The summed E-state index contributed by atoms with van der Waals surface area (Å²) in [5.74, 6) is 0.282. The van der Waals surface area contributed by atoms with E-state index in [-0.39, 0.29) is 11.2 Å². The van der Waals surface area contributed by atoms with E-state index in [9.17, 15) is 4.79 Å². The van der Waals surface area contributed by atoms with E-state index < -0.39 is 0 Å². The number of carbonyl (C=O) groups is 1. The van der Waals surface area contributed by atoms with Gasteiger partial charge in [-0.2, -0.15) is 0 Å². The smallest absolute Gasteiger partial charge is 0.158 e. The van der Waals surface area contributed by atoms with Crippen molar-refractivity contribution in [1.82, 2.24) is 0 Å². The van der Waals surface area contributed by atoms with Gasteiger partial charge in [-0.15, -0.1) is 0 Å². The first-order valence-corrected chi connectivity index (χ1v) is 4.59. The first-order chi connectivity index (χ1) is 5.43. The highest BCUT2D eigenvalue weighted by Crippen LogP contribution is 2.25. The summed E-state index contributed by atoms with van der Waals surface area (Å²) in [4.78, 5) is 11.5. The van der Waals surface area contributed by atoms with Gasteiger partial charge in [0.2, 0.25) is 0 Å². The maximum atomic E-state index is 11.5. The molecule has 0 aliphatic rings. The lowest BCUT2D eigenvalue weighted by Gasteiger charge is -2.21. The molecule has 0 N–H and O–H groups in total. The molecule has 0 aromatic rings. The van der Waals surface area contributed by atoms with Crippen LogP contribution in [0.3, 0.4) is 0 Å². The molecule has 0 atom stereocenters. The normalized spacial score (nSPS) is 13.2. The third-order valence-corrected chi connectivity index (χ3v) is 2.47. The van der Waals surface area contributed by atoms with Gasteiger partial charge in [0, 0.05) is 6.42 Å². The third kappa shape index (κ3) is 3.70. The van der Waals surface area contributed by atoms with Gasteiger partial charge in [-0.05, 0) is 24.8 Å². The molecule has 0 saturated carbocycles. The topological polar surface area (TPSA) is 17.1 Å². The third-order valence-electron chi connectivity index (χ3n) is 2.47. The van der Waals surface area contributed by atoms with E-state index in [1.54, 1.807) is 0 Å². The summed E-state index contributed by atoms with van der Waals surface area (Å²) < 4.78 is 0. The Morgan fingerprint density at radius 3 is 2.25 bits per heavy atom. The molecule has 1 heteroatoms. The van der Waals surface area contributed by atoms with Crippen molar-refractivity contribution in [3.8, 4) is 0 Å². The van der Waals surface area contributed by atoms with Crippen molar-refractivity contribution in [2.75, 3.05) is 0 Å². The van der Waals surface area contributed by atoms with E-state index in [1.807, 2.05) is 19.9 Å². The molecule has 0 heterocycles. The molecule has 0 bridgehead atoms. The standard InChI is InChI=1S/C11H20O/c1-6-9(3)10(12)8-11(4,5)7-2/h6H,7-8H2,1-5H3/b9-6+. The number of allylic oxidation sites excluding steroid dienone is 2. The van der Waals surface area contributed by atoms with Gasteiger partial charge in [0.15, 0.2) is 5.78 Å². The largest absolute Gasteiger partial charge is 0.295 e. The molecule has 0 unspecified atom stereocenters. The Bertz CT molecular complexity index is 187. The summed E-state index contributed by atoms with van der Waals surface area (Å²) in [6.07, 6.45) is 3.60. The fourth-order valence-electron chi connectivity index (χ4n) is 0.860. The molecule has 1 nitrogen and oxygen atoms in total. The van der Waals surface area contributed by atoms with Gasteiger partial charge in [-0.1, -0.05) is 33.3 Å². The van der Waals surface area contributed by atoms with Crippen LogP contribution in [0.4, 0.5) is 0 Å². The Morgan fingerprint density at radius 2 is 1.92 bits per heavy atom. The summed E-state index contributed by atoms with van der Waals surface area (Å²) in [5, 5.41) is 0. The van der Waals surface area contributed by atoms with Crippen LogP contribution in [0.2, 0.25) is 0 Å². The fraction of sp³-hybridized carbons (Fsp3) is 0.727. The number of carbonyl (C=O) groups excluding carboxylic acids is 1. The van der Waals surface area contributed by atoms with Crippen LogP contribution >= 0.6 is 0 Å². The first-order valence-electron chi connectivity index (χ1n) is 4.59. The molecule has 0 rings (SSSR count). The van der Waals surface area contributed by atoms with E-state index in [2.05, 4.69) is 20.8 Å². The molecule has 0 spiro atoms. The predicted molar refractivity (Wildman–Crippen MR) is 53.1 cm³/mol. The molecule has 0 amide bonds. The van der Waals surface area contributed by atoms with E-state index in [1.165, 1.54) is 0 Å². The van der Waals surface area contributed by atoms with Crippen molar-refractivity contribution in [2.45, 2.75) is 47.5 Å². The molecular formula is C11H20O. The van der Waals surface area contributed by atoms with Gasteiger partial charge < -0.3 is 0 Å². The van der Waals surface area contributed by atoms with Crippen molar-refractivity contribution in [3.05, 3.63) is 11.6 Å². The molecule has 0 fully saturated rings. The SMILES string of the molecule is C/C=C(\C)C(=O)CC(C)(C)CC. The van der Waals surface area contributed by atoms with Crippen molar-refractivity contribution in [2.24, 2.45) is 5.41 Å². The van der Waals surface area contributed by atoms with Crippen LogP contribution in [0.15, 0.2) is 11.6 Å². The highest BCUT2D eigenvalue weighted by molar-refractivity contribution is 5.94. The van der Waals surface area contributed by atoms with Crippen LogP contribution in [0.25, 0.3) is 0 Å². The second-order valence-electron chi connectivity index (χ2n) is 4.09. The van der Waals surface area contributed by atoms with Crippen LogP contribution in [-0.4, -0.2) is 5.78 Å². The van der Waals surface area contributed by atoms with E-state index in [4.69, 9.17) is 0 Å². The van der Waals surface area contributed by atoms with Gasteiger partial charge in [-0.25, -0.2) is 0 Å². The maximum Gasteiger partial charge on any atom is 0.158 e. The average Bonchev–Trinajstić information content (AvgIpc) is 2.02. The molecule has 0 aliphatic carbocycles. The van der Waals surface area contributed by atoms with E-state index in [0.717, 1.165) is 12.0 Å². The molecule has 70 valence electrons. The Labute approximate surface area is 75.9 Å². The van der Waals surface area contributed by atoms with Gasteiger partial charge in [-0.3, -0.25) is 4.79 Å². The van der Waals surface area contributed by atoms with Crippen molar-refractivity contribution in [3.63, 3.8) is 0 Å². The lowest BCUT2D eigenvalue weighted by molar-refractivity contribution is -0.117. The summed E-state index contributed by atoms with van der Waals surface area (Å²) in [7, 11) is 0. The first kappa shape index (κ1) is 11.4. The maximum absolute atomic E-state index is 11.5. The second-order valence-corrected chi connectivity index (χ2v) is 4.09. The number of hydrogen-bond donors (Lipinski definition) is 0. The zero-order valence-electron chi connectivity index (χ0n) is 8.90. The minimum Gasteiger partial charge on any atom is -0.295 e. The summed E-state index contributed by atoms with van der Waals surface area (Å²) in [5.41, 5.74) is 1.04. The van der Waals surface area contributed by atoms with E-state index >= 15 is 0 Å². The Morgan fingerprint density at radius 1 is 1.42 bits per heavy atom. The van der Waals surface area contributed by atoms with Crippen LogP contribution in [0.1, 0.15) is 47.5 Å². The minimum absolute atomic E-state index is 0.154. The van der Waals surface area contributed by atoms with Crippen molar-refractivity contribution in [1.29, 1.82) is 0 Å². The average molecular weight is 168 g/mol. The van der Waals surface area contributed by atoms with Crippen LogP contribution in [0, 0.1) is 5.41 Å². The van der Waals surface area contributed by atoms with Crippen molar-refractivity contribution >= 4 is 5.78 Å². The molecule has 0 aromatic carbocycles. The Hall–Kier alpha value is -0.590. The predicted octanol–water partition coefficient (Wildman–Crippen LogP) is 3.35. The lowest BCUT2D eigenvalue weighted by atomic mass is 9.83. The van der Waals surface area contributed by atoms with Crippen LogP contribution in [-0.2, 0) is 4.79 Å². The number of hydrogen-bond acceptors (Lipinski definition) is 1. The number of Topliss-reactive ketones (excluding diaryl/α,β-unsaturated/α-hetero) is 1. The van der Waals surface area contributed by atoms with Gasteiger partial charge in [0.05, 0.1) is 0 Å². The lowest BCUT2D eigenvalue weighted by Crippen LogP contribution is -2.16. The summed E-state index contributed by atoms with van der Waals surface area (Å²) in [6.45, 7) is 10.2. The minimum atomic E-state index is 0.154. The highest BCUT2D eigenvalue weighted by atomic mass is 16.1. The summed E-state index contributed by atoms with van der Waals surface area (Å²) in [6, 6.07) is 0. The molecule has 0 saturated heterocycles. The Balaban J connectivity index is 4.19. The monoisotopic (exact) mass is 168 g/mol. The van der Waals surface area contributed by atoms with Crippen LogP contribution < -0.4 is 0 Å². The zero-order chi connectivity index (χ0) is 9.78. The van der Waals surface area contributed by atoms with Gasteiger partial charge in [0.25, 0.3) is 0 Å². The van der Waals surface area contributed by atoms with Crippen LogP contribution in [0.5, 0.6) is 0 Å². The quantitative estimate of drug-likeness (QED) is 0.588. The number of ketones is 1. The molecule has 12 heavy (non-hydrogen) atoms. The van der Waals surface area contributed by atoms with E-state index in [0.29, 0.717) is 6.42 Å². The van der Waals surface area contributed by atoms with Gasteiger partial charge >= 0.3 is 0 Å². The highest BCUT2D eigenvalue weighted by Gasteiger charge is 2.19. The summed E-state index contributed by atoms with van der Waals surface area (Å²) >= 11 is 0. The molecule has 0 aromatic heterocycles. The van der Waals surface area contributed by atoms with Crippen molar-refractivity contribution < 1.29 is 4.79 Å². The molecule has 0 radical (unpaired) electrons. The second kappa shape index (κ2) is 4.44.